The van der Waals surface area contributed by atoms with E-state index in [1.807, 2.05) is 0 Å². The van der Waals surface area contributed by atoms with Crippen LogP contribution in [-0.4, -0.2) is 101 Å². The fourth-order valence-corrected chi connectivity index (χ4v) is 0.819. The average molecular weight is 314 g/mol. The van der Waals surface area contributed by atoms with Crippen molar-refractivity contribution in [2.75, 3.05) is 0 Å². The minimum atomic E-state index is -4.76. The second kappa shape index (κ2) is 30.2. The third kappa shape index (κ3) is 73.9. The van der Waals surface area contributed by atoms with Crippen LogP contribution in [0.3, 0.4) is 0 Å². The maximum atomic E-state index is 9.57. The van der Waals surface area contributed by atoms with Gasteiger partial charge in [-0.25, -0.2) is 4.57 Å². The molecule has 0 saturated carbocycles. The number of rotatable bonds is 2. The SMILES string of the molecule is N.O.O.O.O.O.O=[P+](O)OP(=O)(O)O.[Na].[Na]. The van der Waals surface area contributed by atoms with Crippen LogP contribution < -0.4 is 6.15 Å². The van der Waals surface area contributed by atoms with Crippen LogP contribution in [0.5, 0.6) is 0 Å². The van der Waals surface area contributed by atoms with Crippen LogP contribution in [0.1, 0.15) is 0 Å². The summed E-state index contributed by atoms with van der Waals surface area (Å²) in [5, 5.41) is 0. The van der Waals surface area contributed by atoms with Crippen molar-refractivity contribution in [1.29, 1.82) is 0 Å². The fourth-order valence-electron chi connectivity index (χ4n) is 0.0910. The molecule has 0 aliphatic carbocycles. The Hall–Kier alpha value is 1.93. The largest absolute Gasteiger partial charge is 0.705 e. The predicted octanol–water partition coefficient (Wildman–Crippen LogP) is -4.98. The molecule has 0 aliphatic heterocycles. The Morgan fingerprint density at radius 1 is 0.938 bits per heavy atom. The predicted molar refractivity (Wildman–Crippen MR) is 57.6 cm³/mol. The maximum absolute atomic E-state index is 9.57. The van der Waals surface area contributed by atoms with Crippen molar-refractivity contribution in [1.82, 2.24) is 6.15 Å². The Kier molecular flexibility index (Phi) is 122. The molecule has 0 fully saturated rings. The van der Waals surface area contributed by atoms with Gasteiger partial charge >= 0.3 is 16.1 Å². The maximum Gasteiger partial charge on any atom is 0.705 e. The molecule has 0 aromatic rings. The molecule has 0 aromatic carbocycles. The van der Waals surface area contributed by atoms with Crippen molar-refractivity contribution in [3.05, 3.63) is 0 Å². The van der Waals surface area contributed by atoms with Crippen LogP contribution in [0.2, 0.25) is 0 Å². The van der Waals surface area contributed by atoms with Crippen LogP contribution in [-0.2, 0) is 13.4 Å². The van der Waals surface area contributed by atoms with Crippen LogP contribution in [0.4, 0.5) is 0 Å². The van der Waals surface area contributed by atoms with Crippen molar-refractivity contribution >= 4 is 75.2 Å². The minimum Gasteiger partial charge on any atom is -0.412 e. The first-order chi connectivity index (χ1) is 3.42. The quantitative estimate of drug-likeness (QED) is 0.283. The molecule has 12 nitrogen and oxygen atoms in total. The summed E-state index contributed by atoms with van der Waals surface area (Å²) in [5.41, 5.74) is 0. The summed E-state index contributed by atoms with van der Waals surface area (Å²) in [6, 6.07) is 0. The Labute approximate surface area is 136 Å². The van der Waals surface area contributed by atoms with E-state index in [9.17, 15) is 9.13 Å². The monoisotopic (exact) mass is 314 g/mol. The summed E-state index contributed by atoms with van der Waals surface area (Å²) in [6.07, 6.45) is 0. The fraction of sp³-hybridized carbons (Fsp3) is 0. The van der Waals surface area contributed by atoms with Crippen molar-refractivity contribution in [2.24, 2.45) is 0 Å². The zero-order valence-electron chi connectivity index (χ0n) is 8.67. The molecule has 1 unspecified atom stereocenters. The number of phosphoric acid groups is 1. The molecule has 0 spiro atoms. The molecule has 16 heavy (non-hydrogen) atoms. The van der Waals surface area contributed by atoms with Crippen LogP contribution in [0.25, 0.3) is 0 Å². The van der Waals surface area contributed by atoms with Crippen LogP contribution in [0, 0.1) is 0 Å². The average Bonchev–Trinajstić information content (AvgIpc) is 1.21. The number of hydrogen-bond acceptors (Lipinski definition) is 4. The molecule has 0 rings (SSSR count). The molecule has 0 amide bonds. The molecule has 16 heteroatoms. The standard InChI is InChI=1S/H3N.2Na.H2O6P2.5H2O/c;;;1-7(2)6-8(3,4)5;;;;;/h1H3;;;(H2-,1,2,3,4,5);5*1H2/p+1. The van der Waals surface area contributed by atoms with Crippen LogP contribution >= 0.6 is 16.1 Å². The van der Waals surface area contributed by atoms with Gasteiger partial charge in [-0.1, -0.05) is 0 Å². The van der Waals surface area contributed by atoms with Gasteiger partial charge in [-0.2, -0.15) is 0 Å². The van der Waals surface area contributed by atoms with Gasteiger partial charge in [0.1, 0.15) is 0 Å². The third-order valence-electron chi connectivity index (χ3n) is 0.176. The summed E-state index contributed by atoms with van der Waals surface area (Å²) in [4.78, 5) is 23.1. The van der Waals surface area contributed by atoms with E-state index >= 15 is 0 Å². The first-order valence-corrected chi connectivity index (χ1v) is 3.99. The van der Waals surface area contributed by atoms with Crippen molar-refractivity contribution in [2.45, 2.75) is 0 Å². The molecule has 0 aliphatic rings. The number of hydrogen-bond donors (Lipinski definition) is 4. The molecule has 0 aromatic heterocycles. The van der Waals surface area contributed by atoms with Gasteiger partial charge in [0.05, 0.1) is 0 Å². The molecule has 0 bridgehead atoms. The van der Waals surface area contributed by atoms with E-state index in [0.717, 1.165) is 0 Å². The topological polar surface area (TPSA) is 297 Å². The molecule has 2 radical (unpaired) electrons. The summed E-state index contributed by atoms with van der Waals surface area (Å²) in [5.74, 6) is 0. The Morgan fingerprint density at radius 2 is 1.12 bits per heavy atom. The van der Waals surface area contributed by atoms with E-state index in [4.69, 9.17) is 14.7 Å². The zero-order valence-corrected chi connectivity index (χ0v) is 14.5. The first kappa shape index (κ1) is 64.4. The third-order valence-corrected chi connectivity index (χ3v) is 1.59. The van der Waals surface area contributed by atoms with Gasteiger partial charge in [-0.3, -0.25) is 0 Å². The van der Waals surface area contributed by atoms with E-state index in [-0.39, 0.29) is 92.6 Å². The smallest absolute Gasteiger partial charge is 0.412 e. The van der Waals surface area contributed by atoms with E-state index in [0.29, 0.717) is 0 Å². The summed E-state index contributed by atoms with van der Waals surface area (Å²) in [7, 11) is -7.96. The summed E-state index contributed by atoms with van der Waals surface area (Å²) < 4.78 is 22.2. The normalized spacial score (nSPS) is 6.81. The van der Waals surface area contributed by atoms with Crippen molar-refractivity contribution < 1.29 is 55.5 Å². The van der Waals surface area contributed by atoms with E-state index in [1.54, 1.807) is 0 Å². The van der Waals surface area contributed by atoms with E-state index in [1.165, 1.54) is 0 Å². The molecular weight excluding hydrogens is 298 g/mol. The van der Waals surface area contributed by atoms with Gasteiger partial charge in [0.15, 0.2) is 0 Å². The second-order valence-electron chi connectivity index (χ2n) is 0.810. The zero-order chi connectivity index (χ0) is 6.78. The van der Waals surface area contributed by atoms with Crippen molar-refractivity contribution in [3.63, 3.8) is 0 Å². The summed E-state index contributed by atoms with van der Waals surface area (Å²) in [6.45, 7) is 0. The second-order valence-corrected chi connectivity index (χ2v) is 2.92. The van der Waals surface area contributed by atoms with Gasteiger partial charge < -0.3 is 43.3 Å². The Morgan fingerprint density at radius 3 is 1.12 bits per heavy atom. The van der Waals surface area contributed by atoms with Gasteiger partial charge in [-0.15, -0.1) is 4.89 Å². The van der Waals surface area contributed by atoms with E-state index in [2.05, 4.69) is 4.31 Å². The molecule has 98 valence electrons. The van der Waals surface area contributed by atoms with Gasteiger partial charge in [-0.05, 0) is 4.31 Å². The minimum absolute atomic E-state index is 0. The summed E-state index contributed by atoms with van der Waals surface area (Å²) >= 11 is 0. The van der Waals surface area contributed by atoms with Crippen molar-refractivity contribution in [3.8, 4) is 0 Å². The van der Waals surface area contributed by atoms with Gasteiger partial charge in [0.25, 0.3) is 0 Å². The molecule has 16 N–H and O–H groups in total. The van der Waals surface area contributed by atoms with Gasteiger partial charge in [0.2, 0.25) is 0 Å². The van der Waals surface area contributed by atoms with E-state index < -0.39 is 16.1 Å². The van der Waals surface area contributed by atoms with Gasteiger partial charge in [0, 0.05) is 63.7 Å². The Balaban J connectivity index is -0.00000000875. The van der Waals surface area contributed by atoms with Crippen LogP contribution in [0.15, 0.2) is 0 Å². The molecular formula is H16NNa2O11P2+. The molecule has 1 atom stereocenters. The Bertz CT molecular complexity index is 145. The molecule has 0 heterocycles. The molecule has 0 saturated heterocycles. The first-order valence-electron chi connectivity index (χ1n) is 1.33.